The summed E-state index contributed by atoms with van der Waals surface area (Å²) >= 11 is 0. The fourth-order valence-electron chi connectivity index (χ4n) is 2.42. The topological polar surface area (TPSA) is 125 Å². The number of aliphatic hydroxyl groups is 3. The molecule has 0 aliphatic carbocycles. The van der Waals surface area contributed by atoms with Gasteiger partial charge in [0.1, 0.15) is 18.3 Å². The normalized spacial score (nSPS) is 25.6. The lowest BCUT2D eigenvalue weighted by atomic mass is 9.91. The van der Waals surface area contributed by atoms with Crippen LogP contribution in [0.1, 0.15) is 0 Å². The van der Waals surface area contributed by atoms with E-state index < -0.39 is 88.2 Å². The van der Waals surface area contributed by atoms with E-state index >= 15 is 0 Å². The Hall–Kier alpha value is -1.48. The summed E-state index contributed by atoms with van der Waals surface area (Å²) in [6.07, 6.45) is -18.1. The van der Waals surface area contributed by atoms with Crippen molar-refractivity contribution >= 4 is 10.0 Å². The number of hydrogen-bond acceptors (Lipinski definition) is 7. The van der Waals surface area contributed by atoms with Crippen LogP contribution in [0.15, 0.2) is 0 Å². The number of aliphatic hydroxyl groups excluding tert-OH is 3. The molecule has 26 heteroatoms. The molecule has 0 aromatic rings. The van der Waals surface area contributed by atoms with E-state index in [0.29, 0.717) is 0 Å². The standard InChI is InChI=1S/C13H10F17NO7S/c14-6(15,8(18,19)10(22,23)12(26,27)28)7(16,17)9(20,21)11(24,25)13(29,30)39(35,36)31-38-4-2(32)1-37-5(34)3(4)33/h2-5,31-34H,1H2. The molecule has 0 saturated carbocycles. The summed E-state index contributed by atoms with van der Waals surface area (Å²) in [5.41, 5.74) is 0. The van der Waals surface area contributed by atoms with Crippen molar-refractivity contribution in [2.75, 3.05) is 6.61 Å². The van der Waals surface area contributed by atoms with Crippen LogP contribution < -0.4 is 4.89 Å². The number of alkyl halides is 17. The smallest absolute Gasteiger partial charge is 0.388 e. The molecule has 1 heterocycles. The predicted molar refractivity (Wildman–Crippen MR) is 81.6 cm³/mol. The van der Waals surface area contributed by atoms with Crippen LogP contribution in [0, 0.1) is 0 Å². The maximum atomic E-state index is 13.9. The fraction of sp³-hybridized carbons (Fsp3) is 1.00. The van der Waals surface area contributed by atoms with Crippen molar-refractivity contribution < 1.29 is 108 Å². The fourth-order valence-corrected chi connectivity index (χ4v) is 3.23. The molecule has 1 aliphatic rings. The summed E-state index contributed by atoms with van der Waals surface area (Å²) in [5.74, 6) is -52.6. The van der Waals surface area contributed by atoms with Crippen molar-refractivity contribution in [3.05, 3.63) is 0 Å². The molecule has 234 valence electrons. The first-order chi connectivity index (χ1) is 16.8. The molecule has 39 heavy (non-hydrogen) atoms. The SMILES string of the molecule is O=S(=O)(NOC1C(O)COC(O)C1O)C(F)(F)C(F)(F)C(F)(F)C(F)(F)C(F)(F)C(F)(F)C(F)(F)C(F)(F)F. The molecule has 0 radical (unpaired) electrons. The van der Waals surface area contributed by atoms with E-state index in [1.807, 2.05) is 0 Å². The molecule has 1 fully saturated rings. The Kier molecular flexibility index (Phi) is 8.94. The highest BCUT2D eigenvalue weighted by molar-refractivity contribution is 7.90. The molecular weight excluding hydrogens is 637 g/mol. The van der Waals surface area contributed by atoms with Gasteiger partial charge in [-0.1, -0.05) is 4.89 Å². The van der Waals surface area contributed by atoms with Gasteiger partial charge in [0.25, 0.3) is 0 Å². The molecular formula is C13H10F17NO7S. The Bertz CT molecular complexity index is 1000. The van der Waals surface area contributed by atoms with Crippen LogP contribution in [-0.2, 0) is 19.6 Å². The van der Waals surface area contributed by atoms with Crippen LogP contribution in [0.4, 0.5) is 74.6 Å². The first kappa shape index (κ1) is 35.5. The van der Waals surface area contributed by atoms with Crippen LogP contribution >= 0.6 is 0 Å². The molecule has 0 aromatic carbocycles. The second-order valence-electron chi connectivity index (χ2n) is 7.41. The first-order valence-electron chi connectivity index (χ1n) is 8.85. The van der Waals surface area contributed by atoms with Crippen LogP contribution in [0.2, 0.25) is 0 Å². The van der Waals surface area contributed by atoms with Crippen LogP contribution in [0.3, 0.4) is 0 Å². The predicted octanol–water partition coefficient (Wildman–Crippen LogP) is 2.24. The Morgan fingerprint density at radius 1 is 0.641 bits per heavy atom. The summed E-state index contributed by atoms with van der Waals surface area (Å²) < 4.78 is 252. The Morgan fingerprint density at radius 3 is 1.38 bits per heavy atom. The molecule has 1 rings (SSSR count). The minimum atomic E-state index is -9.00. The van der Waals surface area contributed by atoms with Gasteiger partial charge >= 0.3 is 57.0 Å². The van der Waals surface area contributed by atoms with Crippen molar-refractivity contribution in [2.45, 2.75) is 71.6 Å². The van der Waals surface area contributed by atoms with Gasteiger partial charge in [-0.2, -0.15) is 74.6 Å². The Morgan fingerprint density at radius 2 is 1.00 bits per heavy atom. The maximum Gasteiger partial charge on any atom is 0.460 e. The van der Waals surface area contributed by atoms with Crippen molar-refractivity contribution in [3.63, 3.8) is 0 Å². The highest BCUT2D eigenvalue weighted by Gasteiger charge is 2.96. The lowest BCUT2D eigenvalue weighted by Gasteiger charge is -2.42. The van der Waals surface area contributed by atoms with E-state index in [0.717, 1.165) is 0 Å². The summed E-state index contributed by atoms with van der Waals surface area (Å²) in [6, 6.07) is 0. The zero-order valence-corrected chi connectivity index (χ0v) is 18.1. The van der Waals surface area contributed by atoms with E-state index in [1.54, 1.807) is 0 Å². The molecule has 0 aromatic heterocycles. The molecule has 1 aliphatic heterocycles. The molecule has 8 nitrogen and oxygen atoms in total. The summed E-state index contributed by atoms with van der Waals surface area (Å²) in [5, 5.41) is 19.9. The minimum Gasteiger partial charge on any atom is -0.388 e. The van der Waals surface area contributed by atoms with Gasteiger partial charge in [-0.05, 0) is 0 Å². The number of rotatable bonds is 10. The summed E-state index contributed by atoms with van der Waals surface area (Å²) in [6.45, 7) is -1.15. The average Bonchev–Trinajstić information content (AvgIpc) is 2.74. The number of halogens is 17. The Labute approximate surface area is 202 Å². The Balaban J connectivity index is 3.53. The molecule has 4 unspecified atom stereocenters. The van der Waals surface area contributed by atoms with Gasteiger partial charge in [-0.25, -0.2) is 8.42 Å². The first-order valence-corrected chi connectivity index (χ1v) is 10.3. The molecule has 0 amide bonds. The van der Waals surface area contributed by atoms with Gasteiger partial charge in [-0.15, -0.1) is 0 Å². The van der Waals surface area contributed by atoms with Crippen molar-refractivity contribution in [1.82, 2.24) is 4.89 Å². The highest BCUT2D eigenvalue weighted by atomic mass is 32.2. The number of ether oxygens (including phenoxy) is 1. The number of nitrogens with one attached hydrogen (secondary N) is 1. The minimum absolute atomic E-state index is 0.234. The molecule has 4 atom stereocenters. The van der Waals surface area contributed by atoms with Crippen LogP contribution in [0.5, 0.6) is 0 Å². The van der Waals surface area contributed by atoms with E-state index in [-0.39, 0.29) is 4.89 Å². The quantitative estimate of drug-likeness (QED) is 0.212. The second-order valence-corrected chi connectivity index (χ2v) is 9.10. The van der Waals surface area contributed by atoms with Gasteiger partial charge in [0.2, 0.25) is 0 Å². The number of sulfonamides is 1. The third kappa shape index (κ3) is 4.98. The zero-order chi connectivity index (χ0) is 31.6. The molecule has 4 N–H and O–H groups in total. The van der Waals surface area contributed by atoms with Crippen LogP contribution in [0.25, 0.3) is 0 Å². The summed E-state index contributed by atoms with van der Waals surface area (Å²) in [4.78, 5) is 3.38. The van der Waals surface area contributed by atoms with E-state index in [1.165, 1.54) is 0 Å². The van der Waals surface area contributed by atoms with Gasteiger partial charge in [0.05, 0.1) is 6.61 Å². The lowest BCUT2D eigenvalue weighted by Crippen LogP contribution is -2.75. The largest absolute Gasteiger partial charge is 0.460 e. The van der Waals surface area contributed by atoms with E-state index in [2.05, 4.69) is 9.57 Å². The molecule has 1 saturated heterocycles. The van der Waals surface area contributed by atoms with Crippen LogP contribution in [-0.4, -0.2) is 102 Å². The lowest BCUT2D eigenvalue weighted by molar-refractivity contribution is -0.458. The molecule has 0 bridgehead atoms. The average molecular weight is 647 g/mol. The van der Waals surface area contributed by atoms with Crippen molar-refractivity contribution in [3.8, 4) is 0 Å². The second kappa shape index (κ2) is 9.81. The third-order valence-electron chi connectivity index (χ3n) is 4.77. The van der Waals surface area contributed by atoms with Gasteiger partial charge in [-0.3, -0.25) is 4.84 Å². The zero-order valence-electron chi connectivity index (χ0n) is 17.3. The van der Waals surface area contributed by atoms with Gasteiger partial charge in [0.15, 0.2) is 6.29 Å². The van der Waals surface area contributed by atoms with Crippen molar-refractivity contribution in [1.29, 1.82) is 0 Å². The molecule has 0 spiro atoms. The maximum absolute atomic E-state index is 13.9. The monoisotopic (exact) mass is 647 g/mol. The van der Waals surface area contributed by atoms with E-state index in [4.69, 9.17) is 5.11 Å². The highest BCUT2D eigenvalue weighted by Crippen LogP contribution is 2.64. The van der Waals surface area contributed by atoms with E-state index in [9.17, 15) is 93.3 Å². The number of hydrogen-bond donors (Lipinski definition) is 4. The summed E-state index contributed by atoms with van der Waals surface area (Å²) in [7, 11) is -7.83. The van der Waals surface area contributed by atoms with Crippen molar-refractivity contribution in [2.24, 2.45) is 0 Å². The van der Waals surface area contributed by atoms with Gasteiger partial charge in [0, 0.05) is 0 Å². The third-order valence-corrected chi connectivity index (χ3v) is 6.02. The van der Waals surface area contributed by atoms with Gasteiger partial charge < -0.3 is 20.1 Å².